The molecule has 0 atom stereocenters. The number of fused-ring (bicyclic) bond motifs is 2. The Hall–Kier alpha value is -4.59. The van der Waals surface area contributed by atoms with Crippen LogP contribution in [-0.4, -0.2) is 43.1 Å². The summed E-state index contributed by atoms with van der Waals surface area (Å²) in [6, 6.07) is 16.9. The number of para-hydroxylation sites is 1. The summed E-state index contributed by atoms with van der Waals surface area (Å²) in [6.45, 7) is -0.762. The van der Waals surface area contributed by atoms with E-state index < -0.39 is 30.2 Å². The molecule has 0 heterocycles. The lowest BCUT2D eigenvalue weighted by Gasteiger charge is -2.19. The number of ether oxygens (including phenoxy) is 2. The average molecular weight is 443 g/mol. The molecule has 8 heteroatoms. The Morgan fingerprint density at radius 1 is 0.758 bits per heavy atom. The molecular formula is C25H17NO7. The number of hydrogen-bond donors (Lipinski definition) is 1. The molecule has 33 heavy (non-hydrogen) atoms. The van der Waals surface area contributed by atoms with Gasteiger partial charge in [0.05, 0.1) is 18.2 Å². The van der Waals surface area contributed by atoms with Crippen molar-refractivity contribution in [1.29, 1.82) is 0 Å². The van der Waals surface area contributed by atoms with E-state index >= 15 is 0 Å². The Morgan fingerprint density at radius 2 is 1.36 bits per heavy atom. The summed E-state index contributed by atoms with van der Waals surface area (Å²) < 4.78 is 10.1. The molecule has 0 fully saturated rings. The lowest BCUT2D eigenvalue weighted by atomic mass is 9.82. The molecular weight excluding hydrogens is 426 g/mol. The van der Waals surface area contributed by atoms with E-state index in [1.165, 1.54) is 37.4 Å². The Bertz CT molecular complexity index is 1330. The van der Waals surface area contributed by atoms with Crippen LogP contribution >= 0.6 is 0 Å². The van der Waals surface area contributed by atoms with Gasteiger partial charge in [-0.3, -0.25) is 24.5 Å². The van der Waals surface area contributed by atoms with Gasteiger partial charge in [0.15, 0.2) is 18.2 Å². The van der Waals surface area contributed by atoms with E-state index in [4.69, 9.17) is 9.47 Å². The van der Waals surface area contributed by atoms with Crippen LogP contribution in [0.3, 0.4) is 0 Å². The first kappa shape index (κ1) is 21.6. The largest absolute Gasteiger partial charge is 0.496 e. The van der Waals surface area contributed by atoms with Crippen LogP contribution in [-0.2, 0) is 9.53 Å². The molecule has 1 N–H and O–H groups in total. The van der Waals surface area contributed by atoms with Crippen molar-refractivity contribution < 1.29 is 33.4 Å². The summed E-state index contributed by atoms with van der Waals surface area (Å²) >= 11 is 0. The Balaban J connectivity index is 1.49. The first-order valence-electron chi connectivity index (χ1n) is 9.88. The summed E-state index contributed by atoms with van der Waals surface area (Å²) in [4.78, 5) is 62.9. The fourth-order valence-electron chi connectivity index (χ4n) is 3.59. The second kappa shape index (κ2) is 8.88. The zero-order valence-corrected chi connectivity index (χ0v) is 17.4. The van der Waals surface area contributed by atoms with Crippen molar-refractivity contribution in [3.8, 4) is 5.75 Å². The van der Waals surface area contributed by atoms with Crippen LogP contribution in [0.25, 0.3) is 0 Å². The van der Waals surface area contributed by atoms with Crippen LogP contribution in [0, 0.1) is 0 Å². The van der Waals surface area contributed by atoms with Crippen molar-refractivity contribution in [3.63, 3.8) is 0 Å². The van der Waals surface area contributed by atoms with Crippen LogP contribution < -0.4 is 10.1 Å². The summed E-state index contributed by atoms with van der Waals surface area (Å²) in [5.74, 6) is -3.13. The van der Waals surface area contributed by atoms with Gasteiger partial charge in [-0.25, -0.2) is 4.79 Å². The Labute approximate surface area is 188 Å². The maximum absolute atomic E-state index is 13.0. The van der Waals surface area contributed by atoms with Crippen LogP contribution in [0.1, 0.15) is 52.6 Å². The second-order valence-electron chi connectivity index (χ2n) is 7.09. The molecule has 0 bridgehead atoms. The third kappa shape index (κ3) is 4.01. The standard InChI is InChI=1S/C25H17NO7/c1-32-19-12-5-4-9-16(19)24(30)26-20(27)13-33-25(31)18-11-6-10-17-21(18)23(29)15-8-3-2-7-14(15)22(17)28/h2-12H,13H2,1H3,(H,26,27,30). The first-order valence-corrected chi connectivity index (χ1v) is 9.88. The lowest BCUT2D eigenvalue weighted by molar-refractivity contribution is -0.123. The molecule has 3 aromatic rings. The van der Waals surface area contributed by atoms with E-state index in [1.807, 2.05) is 0 Å². The number of esters is 1. The highest BCUT2D eigenvalue weighted by Gasteiger charge is 2.33. The molecule has 1 aliphatic carbocycles. The number of imide groups is 1. The number of benzene rings is 3. The zero-order chi connectivity index (χ0) is 23.5. The minimum Gasteiger partial charge on any atom is -0.496 e. The van der Waals surface area contributed by atoms with Crippen molar-refractivity contribution in [2.45, 2.75) is 0 Å². The van der Waals surface area contributed by atoms with Gasteiger partial charge in [0.1, 0.15) is 5.75 Å². The molecule has 4 rings (SSSR count). The van der Waals surface area contributed by atoms with Gasteiger partial charge in [0, 0.05) is 22.3 Å². The number of methoxy groups -OCH3 is 1. The Kier molecular flexibility index (Phi) is 5.82. The molecule has 0 saturated carbocycles. The Morgan fingerprint density at radius 3 is 2.09 bits per heavy atom. The number of hydrogen-bond acceptors (Lipinski definition) is 7. The summed E-state index contributed by atoms with van der Waals surface area (Å²) in [6.07, 6.45) is 0. The maximum atomic E-state index is 13.0. The minimum absolute atomic E-state index is 0.0725. The topological polar surface area (TPSA) is 116 Å². The molecule has 1 aliphatic rings. The van der Waals surface area contributed by atoms with E-state index in [0.717, 1.165) is 0 Å². The lowest BCUT2D eigenvalue weighted by Crippen LogP contribution is -2.34. The maximum Gasteiger partial charge on any atom is 0.339 e. The quantitative estimate of drug-likeness (QED) is 0.471. The third-order valence-electron chi connectivity index (χ3n) is 5.11. The van der Waals surface area contributed by atoms with Crippen LogP contribution in [0.15, 0.2) is 66.7 Å². The molecule has 3 aromatic carbocycles. The van der Waals surface area contributed by atoms with Crippen molar-refractivity contribution in [2.75, 3.05) is 13.7 Å². The van der Waals surface area contributed by atoms with Gasteiger partial charge in [0.2, 0.25) is 0 Å². The number of amides is 2. The highest BCUT2D eigenvalue weighted by atomic mass is 16.5. The van der Waals surface area contributed by atoms with Gasteiger partial charge in [-0.15, -0.1) is 0 Å². The minimum atomic E-state index is -0.965. The smallest absolute Gasteiger partial charge is 0.339 e. The van der Waals surface area contributed by atoms with E-state index in [2.05, 4.69) is 5.32 Å². The number of carbonyl (C=O) groups excluding carboxylic acids is 5. The average Bonchev–Trinajstić information content (AvgIpc) is 2.85. The molecule has 0 aromatic heterocycles. The van der Waals surface area contributed by atoms with E-state index in [1.54, 1.807) is 36.4 Å². The zero-order valence-electron chi connectivity index (χ0n) is 17.4. The molecule has 164 valence electrons. The molecule has 0 radical (unpaired) electrons. The molecule has 0 saturated heterocycles. The van der Waals surface area contributed by atoms with Gasteiger partial charge in [-0.05, 0) is 18.2 Å². The van der Waals surface area contributed by atoms with Crippen LogP contribution in [0.2, 0.25) is 0 Å². The SMILES string of the molecule is COc1ccccc1C(=O)NC(=O)COC(=O)c1cccc2c1C(=O)c1ccccc1C2=O. The van der Waals surface area contributed by atoms with Crippen LogP contribution in [0.4, 0.5) is 0 Å². The van der Waals surface area contributed by atoms with E-state index in [0.29, 0.717) is 0 Å². The summed E-state index contributed by atoms with van der Waals surface area (Å²) in [5, 5.41) is 2.11. The summed E-state index contributed by atoms with van der Waals surface area (Å²) in [7, 11) is 1.39. The molecule has 2 amide bonds. The second-order valence-corrected chi connectivity index (χ2v) is 7.09. The predicted octanol–water partition coefficient (Wildman–Crippen LogP) is 2.58. The number of carbonyl (C=O) groups is 5. The molecule has 0 spiro atoms. The van der Waals surface area contributed by atoms with Gasteiger partial charge in [-0.1, -0.05) is 48.5 Å². The van der Waals surface area contributed by atoms with Gasteiger partial charge < -0.3 is 9.47 Å². The van der Waals surface area contributed by atoms with Crippen molar-refractivity contribution in [2.24, 2.45) is 0 Å². The highest BCUT2D eigenvalue weighted by Crippen LogP contribution is 2.29. The number of nitrogens with one attached hydrogen (secondary N) is 1. The first-order chi connectivity index (χ1) is 15.9. The highest BCUT2D eigenvalue weighted by molar-refractivity contribution is 6.30. The van der Waals surface area contributed by atoms with E-state index in [-0.39, 0.29) is 44.9 Å². The van der Waals surface area contributed by atoms with Crippen molar-refractivity contribution in [3.05, 3.63) is 100 Å². The van der Waals surface area contributed by atoms with Crippen molar-refractivity contribution >= 4 is 29.4 Å². The van der Waals surface area contributed by atoms with Gasteiger partial charge >= 0.3 is 5.97 Å². The summed E-state index contributed by atoms with van der Waals surface area (Å²) in [5.41, 5.74) is 0.467. The molecule has 8 nitrogen and oxygen atoms in total. The van der Waals surface area contributed by atoms with E-state index in [9.17, 15) is 24.0 Å². The molecule has 0 aliphatic heterocycles. The molecule has 0 unspecified atom stereocenters. The normalized spacial score (nSPS) is 11.8. The fraction of sp³-hybridized carbons (Fsp3) is 0.0800. The third-order valence-corrected chi connectivity index (χ3v) is 5.11. The predicted molar refractivity (Wildman–Crippen MR) is 115 cm³/mol. The van der Waals surface area contributed by atoms with Gasteiger partial charge in [-0.2, -0.15) is 0 Å². The van der Waals surface area contributed by atoms with Gasteiger partial charge in [0.25, 0.3) is 11.8 Å². The monoisotopic (exact) mass is 443 g/mol. The number of ketones is 2. The van der Waals surface area contributed by atoms with Crippen LogP contribution in [0.5, 0.6) is 5.75 Å². The number of rotatable bonds is 5. The van der Waals surface area contributed by atoms with Crippen molar-refractivity contribution in [1.82, 2.24) is 5.32 Å². The fourth-order valence-corrected chi connectivity index (χ4v) is 3.59.